The summed E-state index contributed by atoms with van der Waals surface area (Å²) in [6.45, 7) is 3.03. The standard InChI is InChI=1S/C30H34N2O7S/c1-6-38-29(33)19-7-9-21(10-8-19)39-18-25-23-17-28(37-5)27(36-4)15-20(23)13-14-32(25)30(40)31-24-16-22(34-2)11-12-26(24)35-3/h7-12,15-17,25H,6,13-14,18H2,1-5H3,(H,31,40). The van der Waals surface area contributed by atoms with E-state index in [9.17, 15) is 4.79 Å². The van der Waals surface area contributed by atoms with E-state index in [4.69, 9.17) is 40.6 Å². The number of carbonyl (C=O) groups is 1. The highest BCUT2D eigenvalue weighted by molar-refractivity contribution is 7.80. The Morgan fingerprint density at radius 3 is 2.23 bits per heavy atom. The van der Waals surface area contributed by atoms with Crippen molar-refractivity contribution >= 4 is 29.0 Å². The van der Waals surface area contributed by atoms with Gasteiger partial charge < -0.3 is 38.6 Å². The number of esters is 1. The summed E-state index contributed by atoms with van der Waals surface area (Å²) in [6.07, 6.45) is 0.748. The molecule has 0 spiro atoms. The van der Waals surface area contributed by atoms with Crippen LogP contribution >= 0.6 is 12.2 Å². The van der Waals surface area contributed by atoms with Crippen molar-refractivity contribution in [3.05, 3.63) is 71.3 Å². The number of thiocarbonyl (C=S) groups is 1. The summed E-state index contributed by atoms with van der Waals surface area (Å²) >= 11 is 5.92. The minimum absolute atomic E-state index is 0.245. The molecule has 10 heteroatoms. The lowest BCUT2D eigenvalue weighted by Crippen LogP contribution is -2.44. The van der Waals surface area contributed by atoms with Crippen LogP contribution in [0.4, 0.5) is 5.69 Å². The zero-order valence-electron chi connectivity index (χ0n) is 23.3. The second kappa shape index (κ2) is 13.3. The Labute approximate surface area is 239 Å². The predicted molar refractivity (Wildman–Crippen MR) is 156 cm³/mol. The van der Waals surface area contributed by atoms with Crippen molar-refractivity contribution < 1.29 is 33.2 Å². The molecule has 0 saturated carbocycles. The van der Waals surface area contributed by atoms with Crippen LogP contribution in [0.15, 0.2) is 54.6 Å². The van der Waals surface area contributed by atoms with Crippen LogP contribution < -0.4 is 29.0 Å². The number of anilines is 1. The number of fused-ring (bicyclic) bond motifs is 1. The molecule has 9 nitrogen and oxygen atoms in total. The van der Waals surface area contributed by atoms with Crippen LogP contribution in [0.3, 0.4) is 0 Å². The third kappa shape index (κ3) is 6.34. The molecule has 0 amide bonds. The first kappa shape index (κ1) is 28.8. The molecule has 4 rings (SSSR count). The van der Waals surface area contributed by atoms with Crippen molar-refractivity contribution in [3.63, 3.8) is 0 Å². The molecule has 0 saturated heterocycles. The molecular formula is C30H34N2O7S. The maximum absolute atomic E-state index is 12.0. The maximum atomic E-state index is 12.0. The number of hydrogen-bond donors (Lipinski definition) is 1. The first-order chi connectivity index (χ1) is 19.4. The minimum Gasteiger partial charge on any atom is -0.497 e. The average Bonchev–Trinajstić information content (AvgIpc) is 2.99. The van der Waals surface area contributed by atoms with Gasteiger partial charge in [-0.05, 0) is 85.2 Å². The van der Waals surface area contributed by atoms with Crippen molar-refractivity contribution in [3.8, 4) is 28.7 Å². The Kier molecular flexibility index (Phi) is 9.55. The first-order valence-electron chi connectivity index (χ1n) is 12.9. The molecule has 0 fully saturated rings. The summed E-state index contributed by atoms with van der Waals surface area (Å²) in [7, 11) is 6.46. The van der Waals surface area contributed by atoms with E-state index in [1.807, 2.05) is 30.3 Å². The van der Waals surface area contributed by atoms with Gasteiger partial charge in [0.1, 0.15) is 23.9 Å². The summed E-state index contributed by atoms with van der Waals surface area (Å²) in [5.74, 6) is 2.87. The SMILES string of the molecule is CCOC(=O)c1ccc(OCC2c3cc(OC)c(OC)cc3CCN2C(=S)Nc2cc(OC)ccc2OC)cc1. The minimum atomic E-state index is -0.369. The van der Waals surface area contributed by atoms with E-state index < -0.39 is 0 Å². The highest BCUT2D eigenvalue weighted by Gasteiger charge is 2.32. The molecule has 212 valence electrons. The second-order valence-electron chi connectivity index (χ2n) is 8.92. The van der Waals surface area contributed by atoms with Gasteiger partial charge in [-0.25, -0.2) is 4.79 Å². The van der Waals surface area contributed by atoms with Crippen molar-refractivity contribution in [2.75, 3.05) is 53.5 Å². The van der Waals surface area contributed by atoms with E-state index >= 15 is 0 Å². The number of methoxy groups -OCH3 is 4. The summed E-state index contributed by atoms with van der Waals surface area (Å²) in [4.78, 5) is 14.1. The Morgan fingerprint density at radius 1 is 0.900 bits per heavy atom. The molecule has 0 bridgehead atoms. The Morgan fingerprint density at radius 2 is 1.57 bits per heavy atom. The van der Waals surface area contributed by atoms with Crippen LogP contribution in [0.25, 0.3) is 0 Å². The molecule has 1 aliphatic heterocycles. The Balaban J connectivity index is 1.63. The lowest BCUT2D eigenvalue weighted by atomic mass is 9.92. The zero-order valence-corrected chi connectivity index (χ0v) is 24.1. The van der Waals surface area contributed by atoms with Gasteiger partial charge >= 0.3 is 5.97 Å². The third-order valence-electron chi connectivity index (χ3n) is 6.69. The van der Waals surface area contributed by atoms with Crippen LogP contribution in [-0.2, 0) is 11.2 Å². The Hall–Kier alpha value is -4.18. The molecule has 1 unspecified atom stereocenters. The van der Waals surface area contributed by atoms with Gasteiger partial charge in [0.15, 0.2) is 16.6 Å². The number of hydrogen-bond acceptors (Lipinski definition) is 8. The molecule has 1 atom stereocenters. The van der Waals surface area contributed by atoms with Gasteiger partial charge in [0.05, 0.1) is 52.3 Å². The van der Waals surface area contributed by atoms with Gasteiger partial charge in [0, 0.05) is 12.6 Å². The van der Waals surface area contributed by atoms with Gasteiger partial charge in [0.2, 0.25) is 0 Å². The molecule has 3 aromatic carbocycles. The smallest absolute Gasteiger partial charge is 0.338 e. The predicted octanol–water partition coefficient (Wildman–Crippen LogP) is 5.27. The molecule has 40 heavy (non-hydrogen) atoms. The van der Waals surface area contributed by atoms with Gasteiger partial charge in [-0.1, -0.05) is 0 Å². The van der Waals surface area contributed by atoms with Crippen molar-refractivity contribution in [2.45, 2.75) is 19.4 Å². The topological polar surface area (TPSA) is 87.7 Å². The summed E-state index contributed by atoms with van der Waals surface area (Å²) < 4.78 is 33.4. The second-order valence-corrected chi connectivity index (χ2v) is 9.30. The van der Waals surface area contributed by atoms with Crippen LogP contribution in [0.2, 0.25) is 0 Å². The largest absolute Gasteiger partial charge is 0.497 e. The fraction of sp³-hybridized carbons (Fsp3) is 0.333. The van der Waals surface area contributed by atoms with Crippen LogP contribution in [0, 0.1) is 0 Å². The number of nitrogens with zero attached hydrogens (tertiary/aromatic N) is 1. The highest BCUT2D eigenvalue weighted by Crippen LogP contribution is 2.39. The quantitative estimate of drug-likeness (QED) is 0.259. The lowest BCUT2D eigenvalue weighted by Gasteiger charge is -2.39. The fourth-order valence-electron chi connectivity index (χ4n) is 4.63. The molecule has 1 aliphatic rings. The molecule has 3 aromatic rings. The van der Waals surface area contributed by atoms with E-state index in [-0.39, 0.29) is 18.6 Å². The molecule has 0 aromatic heterocycles. The molecular weight excluding hydrogens is 532 g/mol. The molecule has 1 heterocycles. The van der Waals surface area contributed by atoms with Gasteiger partial charge in [-0.2, -0.15) is 0 Å². The monoisotopic (exact) mass is 566 g/mol. The van der Waals surface area contributed by atoms with Gasteiger partial charge in [0.25, 0.3) is 0 Å². The lowest BCUT2D eigenvalue weighted by molar-refractivity contribution is 0.0526. The zero-order chi connectivity index (χ0) is 28.6. The molecule has 0 radical (unpaired) electrons. The number of carbonyl (C=O) groups excluding carboxylic acids is 1. The van der Waals surface area contributed by atoms with E-state index in [2.05, 4.69) is 10.2 Å². The van der Waals surface area contributed by atoms with Crippen molar-refractivity contribution in [1.82, 2.24) is 4.90 Å². The summed E-state index contributed by atoms with van der Waals surface area (Å²) in [6, 6.07) is 16.1. The van der Waals surface area contributed by atoms with Crippen molar-refractivity contribution in [1.29, 1.82) is 0 Å². The fourth-order valence-corrected chi connectivity index (χ4v) is 4.96. The number of ether oxygens (including phenoxy) is 6. The highest BCUT2D eigenvalue weighted by atomic mass is 32.1. The maximum Gasteiger partial charge on any atom is 0.338 e. The van der Waals surface area contributed by atoms with Crippen LogP contribution in [0.1, 0.15) is 34.5 Å². The summed E-state index contributed by atoms with van der Waals surface area (Å²) in [5, 5.41) is 3.85. The normalized spacial score (nSPS) is 14.0. The first-order valence-corrected chi connectivity index (χ1v) is 13.3. The molecule has 1 N–H and O–H groups in total. The average molecular weight is 567 g/mol. The van der Waals surface area contributed by atoms with Crippen molar-refractivity contribution in [2.24, 2.45) is 0 Å². The molecule has 0 aliphatic carbocycles. The van der Waals surface area contributed by atoms with Crippen LogP contribution in [0.5, 0.6) is 28.7 Å². The number of rotatable bonds is 10. The van der Waals surface area contributed by atoms with Crippen LogP contribution in [-0.4, -0.2) is 64.2 Å². The van der Waals surface area contributed by atoms with E-state index in [1.165, 1.54) is 0 Å². The van der Waals surface area contributed by atoms with Gasteiger partial charge in [-0.15, -0.1) is 0 Å². The van der Waals surface area contributed by atoms with Gasteiger partial charge in [-0.3, -0.25) is 0 Å². The summed E-state index contributed by atoms with van der Waals surface area (Å²) in [5.41, 5.74) is 3.31. The number of benzene rings is 3. The number of nitrogens with one attached hydrogen (secondary N) is 1. The van der Waals surface area contributed by atoms with E-state index in [1.54, 1.807) is 59.6 Å². The Bertz CT molecular complexity index is 1350. The van der Waals surface area contributed by atoms with E-state index in [0.29, 0.717) is 58.3 Å². The third-order valence-corrected chi connectivity index (χ3v) is 7.02. The van der Waals surface area contributed by atoms with E-state index in [0.717, 1.165) is 17.5 Å².